The molecule has 0 aliphatic carbocycles. The van der Waals surface area contributed by atoms with Crippen molar-refractivity contribution in [2.45, 2.75) is 58.8 Å². The number of hydrogen-bond acceptors (Lipinski definition) is 5. The zero-order valence-corrected chi connectivity index (χ0v) is 22.4. The highest BCUT2D eigenvalue weighted by Crippen LogP contribution is 2.32. The molecule has 0 spiro atoms. The van der Waals surface area contributed by atoms with E-state index in [0.717, 1.165) is 48.1 Å². The average Bonchev–Trinajstić information content (AvgIpc) is 3.33. The lowest BCUT2D eigenvalue weighted by atomic mass is 9.93. The van der Waals surface area contributed by atoms with Gasteiger partial charge in [0, 0.05) is 43.3 Å². The summed E-state index contributed by atoms with van der Waals surface area (Å²) in [6, 6.07) is 12.6. The molecule has 2 N–H and O–H groups in total. The van der Waals surface area contributed by atoms with Gasteiger partial charge in [0.2, 0.25) is 5.13 Å². The largest absolute Gasteiger partial charge is 0.347 e. The van der Waals surface area contributed by atoms with E-state index in [1.54, 1.807) is 12.1 Å². The van der Waals surface area contributed by atoms with Gasteiger partial charge in [-0.25, -0.2) is 14.2 Å². The predicted molar refractivity (Wildman–Crippen MR) is 146 cm³/mol. The van der Waals surface area contributed by atoms with Gasteiger partial charge in [0.1, 0.15) is 11.6 Å². The van der Waals surface area contributed by atoms with Crippen molar-refractivity contribution in [1.29, 1.82) is 0 Å². The third-order valence-electron chi connectivity index (χ3n) is 6.78. The molecule has 1 aromatic heterocycles. The summed E-state index contributed by atoms with van der Waals surface area (Å²) in [5, 5.41) is 7.18. The van der Waals surface area contributed by atoms with Gasteiger partial charge in [0.25, 0.3) is 0 Å². The van der Waals surface area contributed by atoms with E-state index >= 15 is 0 Å². The number of anilines is 2. The molecule has 0 bridgehead atoms. The average molecular weight is 510 g/mol. The van der Waals surface area contributed by atoms with Crippen molar-refractivity contribution >= 4 is 28.4 Å². The molecule has 0 unspecified atom stereocenters. The molecular formula is C28H36FN5OS. The molecule has 1 fully saturated rings. The van der Waals surface area contributed by atoms with Gasteiger partial charge >= 0.3 is 6.03 Å². The van der Waals surface area contributed by atoms with Crippen molar-refractivity contribution in [3.8, 4) is 0 Å². The van der Waals surface area contributed by atoms with E-state index in [2.05, 4.69) is 65.8 Å². The van der Waals surface area contributed by atoms with Crippen LogP contribution in [0.3, 0.4) is 0 Å². The fourth-order valence-corrected chi connectivity index (χ4v) is 5.38. The third-order valence-corrected chi connectivity index (χ3v) is 7.60. The van der Waals surface area contributed by atoms with Gasteiger partial charge in [-0.2, -0.15) is 4.37 Å². The van der Waals surface area contributed by atoms with E-state index in [1.165, 1.54) is 34.8 Å². The highest BCUT2D eigenvalue weighted by molar-refractivity contribution is 7.09. The number of carbonyl (C=O) groups is 1. The second-order valence-electron chi connectivity index (χ2n) is 10.2. The Morgan fingerprint density at radius 1 is 1.06 bits per heavy atom. The van der Waals surface area contributed by atoms with Crippen molar-refractivity contribution in [3.63, 3.8) is 0 Å². The number of benzene rings is 2. The number of halogens is 1. The fourth-order valence-electron chi connectivity index (χ4n) is 4.65. The molecule has 6 nitrogen and oxygen atoms in total. The number of para-hydroxylation sites is 1. The highest BCUT2D eigenvalue weighted by atomic mass is 32.1. The number of nitrogens with zero attached hydrogens (tertiary/aromatic N) is 3. The van der Waals surface area contributed by atoms with Gasteiger partial charge in [-0.1, -0.05) is 58.0 Å². The van der Waals surface area contributed by atoms with Crippen LogP contribution in [0, 0.1) is 11.7 Å². The minimum atomic E-state index is -0.235. The first-order chi connectivity index (χ1) is 17.3. The number of urea groups is 1. The highest BCUT2D eigenvalue weighted by Gasteiger charge is 2.23. The van der Waals surface area contributed by atoms with Gasteiger partial charge in [0.15, 0.2) is 0 Å². The normalized spacial score (nSPS) is 14.5. The van der Waals surface area contributed by atoms with E-state index < -0.39 is 0 Å². The summed E-state index contributed by atoms with van der Waals surface area (Å²) < 4.78 is 17.6. The minimum Gasteiger partial charge on any atom is -0.347 e. The summed E-state index contributed by atoms with van der Waals surface area (Å²) in [6.07, 6.45) is 2.59. The van der Waals surface area contributed by atoms with Gasteiger partial charge in [-0.3, -0.25) is 0 Å². The summed E-state index contributed by atoms with van der Waals surface area (Å²) in [5.74, 6) is 1.63. The second kappa shape index (κ2) is 11.8. The van der Waals surface area contributed by atoms with E-state index in [0.29, 0.717) is 30.7 Å². The van der Waals surface area contributed by atoms with Gasteiger partial charge in [0.05, 0.1) is 0 Å². The lowest BCUT2D eigenvalue weighted by molar-refractivity contribution is 0.248. The summed E-state index contributed by atoms with van der Waals surface area (Å²) in [4.78, 5) is 19.8. The topological polar surface area (TPSA) is 70.2 Å². The molecule has 192 valence electrons. The van der Waals surface area contributed by atoms with Crippen LogP contribution in [0.25, 0.3) is 0 Å². The van der Waals surface area contributed by atoms with Crippen molar-refractivity contribution in [2.75, 3.05) is 29.9 Å². The smallest absolute Gasteiger partial charge is 0.319 e. The summed E-state index contributed by atoms with van der Waals surface area (Å²) >= 11 is 1.42. The van der Waals surface area contributed by atoms with Crippen LogP contribution in [0.2, 0.25) is 0 Å². The second-order valence-corrected chi connectivity index (χ2v) is 10.9. The molecule has 1 saturated heterocycles. The van der Waals surface area contributed by atoms with Gasteiger partial charge < -0.3 is 15.5 Å². The van der Waals surface area contributed by atoms with Crippen LogP contribution in [0.1, 0.15) is 74.9 Å². The van der Waals surface area contributed by atoms with Crippen LogP contribution in [0.15, 0.2) is 42.5 Å². The number of nitrogens with one attached hydrogen (secondary N) is 2. The van der Waals surface area contributed by atoms with Crippen molar-refractivity contribution in [2.24, 2.45) is 5.92 Å². The Bertz CT molecular complexity index is 1130. The molecule has 2 aromatic carbocycles. The Hall–Kier alpha value is -3.00. The number of amides is 2. The molecule has 0 atom stereocenters. The van der Waals surface area contributed by atoms with Crippen LogP contribution in [-0.2, 0) is 6.42 Å². The van der Waals surface area contributed by atoms with Crippen LogP contribution >= 0.6 is 11.5 Å². The van der Waals surface area contributed by atoms with E-state index in [-0.39, 0.29) is 11.8 Å². The Balaban J connectivity index is 1.26. The molecule has 0 radical (unpaired) electrons. The van der Waals surface area contributed by atoms with E-state index in [4.69, 9.17) is 4.98 Å². The summed E-state index contributed by atoms with van der Waals surface area (Å²) in [5.41, 5.74) is 4.28. The number of carbonyl (C=O) groups excluding carboxylic acids is 1. The SMILES string of the molecule is CC(C)c1cccc(C(C)C)c1NC(=O)NCC1CCN(c2nc(Cc3ccc(F)cc3)ns2)CC1. The maximum absolute atomic E-state index is 13.1. The Labute approximate surface area is 217 Å². The zero-order chi connectivity index (χ0) is 25.7. The van der Waals surface area contributed by atoms with Crippen LogP contribution < -0.4 is 15.5 Å². The monoisotopic (exact) mass is 509 g/mol. The first kappa shape index (κ1) is 26.1. The van der Waals surface area contributed by atoms with Gasteiger partial charge in [-0.05, 0) is 59.4 Å². The zero-order valence-electron chi connectivity index (χ0n) is 21.6. The van der Waals surface area contributed by atoms with Crippen molar-refractivity contribution in [3.05, 3.63) is 70.8 Å². The lowest BCUT2D eigenvalue weighted by Crippen LogP contribution is -2.40. The Morgan fingerprint density at radius 2 is 1.69 bits per heavy atom. The quantitative estimate of drug-likeness (QED) is 0.361. The third kappa shape index (κ3) is 6.60. The molecule has 4 rings (SSSR count). The fraction of sp³-hybridized carbons (Fsp3) is 0.464. The van der Waals surface area contributed by atoms with E-state index in [9.17, 15) is 9.18 Å². The summed E-state index contributed by atoms with van der Waals surface area (Å²) in [6.45, 7) is 11.1. The summed E-state index contributed by atoms with van der Waals surface area (Å²) in [7, 11) is 0. The van der Waals surface area contributed by atoms with Crippen LogP contribution in [0.4, 0.5) is 20.0 Å². The molecule has 1 aliphatic heterocycles. The maximum atomic E-state index is 13.1. The number of rotatable bonds is 8. The number of piperidine rings is 1. The molecule has 2 amide bonds. The van der Waals surface area contributed by atoms with Gasteiger partial charge in [-0.15, -0.1) is 0 Å². The molecule has 36 heavy (non-hydrogen) atoms. The Kier molecular flexibility index (Phi) is 8.56. The maximum Gasteiger partial charge on any atom is 0.319 e. The molecular weight excluding hydrogens is 473 g/mol. The molecule has 3 aromatic rings. The number of hydrogen-bond donors (Lipinski definition) is 2. The molecule has 1 aliphatic rings. The minimum absolute atomic E-state index is 0.137. The first-order valence-corrected chi connectivity index (χ1v) is 13.6. The van der Waals surface area contributed by atoms with Crippen LogP contribution in [0.5, 0.6) is 0 Å². The van der Waals surface area contributed by atoms with Crippen molar-refractivity contribution in [1.82, 2.24) is 14.7 Å². The van der Waals surface area contributed by atoms with Crippen molar-refractivity contribution < 1.29 is 9.18 Å². The standard InChI is InChI=1S/C28H36FN5OS/c1-18(2)23-6-5-7-24(19(3)4)26(23)32-27(35)30-17-21-12-14-34(15-13-21)28-31-25(33-36-28)16-20-8-10-22(29)11-9-20/h5-11,18-19,21H,12-17H2,1-4H3,(H2,30,32,35). The Morgan fingerprint density at radius 3 is 2.31 bits per heavy atom. The molecule has 8 heteroatoms. The molecule has 2 heterocycles. The lowest BCUT2D eigenvalue weighted by Gasteiger charge is -2.31. The predicted octanol–water partition coefficient (Wildman–Crippen LogP) is 6.55. The molecule has 0 saturated carbocycles. The van der Waals surface area contributed by atoms with Crippen LogP contribution in [-0.4, -0.2) is 35.0 Å². The number of aromatic nitrogens is 2. The first-order valence-electron chi connectivity index (χ1n) is 12.8. The van der Waals surface area contributed by atoms with E-state index in [1.807, 2.05) is 0 Å².